The fourth-order valence-corrected chi connectivity index (χ4v) is 4.58. The van der Waals surface area contributed by atoms with Crippen LogP contribution in [-0.2, 0) is 4.79 Å². The highest BCUT2D eigenvalue weighted by atomic mass is 16.5. The highest BCUT2D eigenvalue weighted by Gasteiger charge is 2.40. The Morgan fingerprint density at radius 2 is 2.00 bits per heavy atom. The third kappa shape index (κ3) is 3.80. The Hall–Kier alpha value is -1.92. The Bertz CT molecular complexity index is 758. The number of carbonyl (C=O) groups is 2. The maximum atomic E-state index is 13.1. The molecule has 2 N–H and O–H groups in total. The zero-order chi connectivity index (χ0) is 19.9. The first-order valence-corrected chi connectivity index (χ1v) is 10.4. The molecule has 4 rings (SSSR count). The topological polar surface area (TPSA) is 70.7 Å². The van der Waals surface area contributed by atoms with E-state index in [2.05, 4.69) is 31.6 Å². The molecule has 6 heteroatoms. The molecule has 2 saturated heterocycles. The van der Waals surface area contributed by atoms with Gasteiger partial charge in [-0.25, -0.2) is 5.43 Å². The maximum absolute atomic E-state index is 13.1. The lowest BCUT2D eigenvalue weighted by Gasteiger charge is -2.39. The molecule has 2 fully saturated rings. The third-order valence-corrected chi connectivity index (χ3v) is 6.39. The minimum absolute atomic E-state index is 0.107. The van der Waals surface area contributed by atoms with Gasteiger partial charge in [0, 0.05) is 31.5 Å². The van der Waals surface area contributed by atoms with Gasteiger partial charge in [-0.15, -0.1) is 0 Å². The van der Waals surface area contributed by atoms with Gasteiger partial charge in [0.05, 0.1) is 5.56 Å². The number of piperidine rings is 1. The second kappa shape index (κ2) is 7.48. The maximum Gasteiger partial charge on any atom is 0.241 e. The second-order valence-electron chi connectivity index (χ2n) is 9.46. The number of para-hydroxylation sites is 1. The number of fused-ring (bicyclic) bond motifs is 1. The molecule has 0 aromatic heterocycles. The molecule has 152 valence electrons. The Balaban J connectivity index is 1.40. The molecule has 4 unspecified atom stereocenters. The van der Waals surface area contributed by atoms with Crippen molar-refractivity contribution in [1.82, 2.24) is 15.8 Å². The molecular formula is C22H31N3O3. The Kier molecular flexibility index (Phi) is 5.19. The van der Waals surface area contributed by atoms with E-state index in [4.69, 9.17) is 4.74 Å². The van der Waals surface area contributed by atoms with Crippen molar-refractivity contribution in [3.63, 3.8) is 0 Å². The van der Waals surface area contributed by atoms with E-state index in [1.165, 1.54) is 0 Å². The van der Waals surface area contributed by atoms with E-state index in [9.17, 15) is 9.59 Å². The molecule has 3 aliphatic heterocycles. The standard InChI is InChI=1S/C22H31N3O3/c1-22(2,3)20-11-16(23-24-20)21(27)25-10-6-7-14(13-25)19-12-17(26)15-8-4-5-9-18(15)28-19/h4-5,8-9,14,16,19-20,23-24H,6-7,10-13H2,1-3H3. The lowest BCUT2D eigenvalue weighted by Crippen LogP contribution is -2.51. The van der Waals surface area contributed by atoms with Crippen LogP contribution in [0, 0.1) is 11.3 Å². The Labute approximate surface area is 167 Å². The van der Waals surface area contributed by atoms with Gasteiger partial charge in [-0.05, 0) is 36.8 Å². The van der Waals surface area contributed by atoms with Crippen molar-refractivity contribution in [2.75, 3.05) is 13.1 Å². The van der Waals surface area contributed by atoms with Crippen LogP contribution in [0.2, 0.25) is 0 Å². The average Bonchev–Trinajstić information content (AvgIpc) is 3.18. The number of nitrogens with one attached hydrogen (secondary N) is 2. The Morgan fingerprint density at radius 1 is 1.21 bits per heavy atom. The molecule has 3 aliphatic rings. The summed E-state index contributed by atoms with van der Waals surface area (Å²) in [7, 11) is 0. The van der Waals surface area contributed by atoms with Crippen LogP contribution in [0.5, 0.6) is 5.75 Å². The molecule has 0 spiro atoms. The summed E-state index contributed by atoms with van der Waals surface area (Å²) in [6.45, 7) is 8.00. The molecular weight excluding hydrogens is 354 g/mol. The lowest BCUT2D eigenvalue weighted by molar-refractivity contribution is -0.135. The SMILES string of the molecule is CC(C)(C)C1CC(C(=O)N2CCCC(C3CC(=O)c4ccccc4O3)C2)NN1. The van der Waals surface area contributed by atoms with Crippen LogP contribution >= 0.6 is 0 Å². The average molecular weight is 386 g/mol. The zero-order valence-corrected chi connectivity index (χ0v) is 17.0. The van der Waals surface area contributed by atoms with Crippen LogP contribution in [-0.4, -0.2) is 47.9 Å². The predicted molar refractivity (Wildman–Crippen MR) is 107 cm³/mol. The number of amides is 1. The van der Waals surface area contributed by atoms with E-state index >= 15 is 0 Å². The van der Waals surface area contributed by atoms with E-state index in [0.29, 0.717) is 24.3 Å². The van der Waals surface area contributed by atoms with E-state index in [0.717, 1.165) is 25.8 Å². The highest BCUT2D eigenvalue weighted by Crippen LogP contribution is 2.33. The van der Waals surface area contributed by atoms with Crippen molar-refractivity contribution >= 4 is 11.7 Å². The normalized spacial score (nSPS) is 30.7. The number of hydrogen-bond donors (Lipinski definition) is 2. The first kappa shape index (κ1) is 19.4. The van der Waals surface area contributed by atoms with Crippen LogP contribution in [0.3, 0.4) is 0 Å². The molecule has 0 aliphatic carbocycles. The molecule has 0 saturated carbocycles. The van der Waals surface area contributed by atoms with Crippen LogP contribution in [0.4, 0.5) is 0 Å². The minimum atomic E-state index is -0.183. The molecule has 1 aromatic carbocycles. The molecule has 3 heterocycles. The van der Waals surface area contributed by atoms with E-state index in [1.54, 1.807) is 0 Å². The molecule has 1 amide bonds. The van der Waals surface area contributed by atoms with Gasteiger partial charge in [0.15, 0.2) is 5.78 Å². The number of ketones is 1. The lowest BCUT2D eigenvalue weighted by atomic mass is 9.84. The molecule has 1 aromatic rings. The van der Waals surface area contributed by atoms with Crippen molar-refractivity contribution in [1.29, 1.82) is 0 Å². The number of nitrogens with zero attached hydrogens (tertiary/aromatic N) is 1. The van der Waals surface area contributed by atoms with Gasteiger partial charge in [0.2, 0.25) is 5.91 Å². The van der Waals surface area contributed by atoms with Crippen LogP contribution in [0.25, 0.3) is 0 Å². The number of hydrogen-bond acceptors (Lipinski definition) is 5. The number of hydrazine groups is 1. The van der Waals surface area contributed by atoms with Crippen molar-refractivity contribution in [2.24, 2.45) is 11.3 Å². The summed E-state index contributed by atoms with van der Waals surface area (Å²) in [5, 5.41) is 0. The smallest absolute Gasteiger partial charge is 0.241 e. The van der Waals surface area contributed by atoms with Gasteiger partial charge in [0.1, 0.15) is 17.9 Å². The summed E-state index contributed by atoms with van der Waals surface area (Å²) < 4.78 is 6.17. The fraction of sp³-hybridized carbons (Fsp3) is 0.636. The van der Waals surface area contributed by atoms with Crippen molar-refractivity contribution in [2.45, 2.75) is 64.6 Å². The molecule has 4 atom stereocenters. The van der Waals surface area contributed by atoms with Crippen molar-refractivity contribution < 1.29 is 14.3 Å². The van der Waals surface area contributed by atoms with Gasteiger partial charge in [0.25, 0.3) is 0 Å². The molecule has 0 radical (unpaired) electrons. The van der Waals surface area contributed by atoms with E-state index in [1.807, 2.05) is 29.2 Å². The van der Waals surface area contributed by atoms with Gasteiger partial charge in [-0.2, -0.15) is 0 Å². The second-order valence-corrected chi connectivity index (χ2v) is 9.46. The largest absolute Gasteiger partial charge is 0.489 e. The van der Waals surface area contributed by atoms with Gasteiger partial charge < -0.3 is 9.64 Å². The summed E-state index contributed by atoms with van der Waals surface area (Å²) in [5.74, 6) is 1.18. The number of carbonyl (C=O) groups excluding carboxylic acids is 2. The first-order valence-electron chi connectivity index (χ1n) is 10.4. The van der Waals surface area contributed by atoms with E-state index in [-0.39, 0.29) is 41.2 Å². The Morgan fingerprint density at radius 3 is 2.75 bits per heavy atom. The fourth-order valence-electron chi connectivity index (χ4n) is 4.58. The third-order valence-electron chi connectivity index (χ3n) is 6.39. The minimum Gasteiger partial charge on any atom is -0.489 e. The van der Waals surface area contributed by atoms with E-state index < -0.39 is 0 Å². The zero-order valence-electron chi connectivity index (χ0n) is 17.0. The van der Waals surface area contributed by atoms with Gasteiger partial charge in [-0.1, -0.05) is 32.9 Å². The number of likely N-dealkylation sites (tertiary alicyclic amines) is 1. The monoisotopic (exact) mass is 385 g/mol. The highest BCUT2D eigenvalue weighted by molar-refractivity contribution is 5.99. The van der Waals surface area contributed by atoms with Crippen LogP contribution in [0.15, 0.2) is 24.3 Å². The summed E-state index contributed by atoms with van der Waals surface area (Å²) in [5.41, 5.74) is 7.27. The molecule has 0 bridgehead atoms. The van der Waals surface area contributed by atoms with Crippen LogP contribution < -0.4 is 15.6 Å². The molecule has 6 nitrogen and oxygen atoms in total. The number of benzene rings is 1. The summed E-state index contributed by atoms with van der Waals surface area (Å²) >= 11 is 0. The molecule has 28 heavy (non-hydrogen) atoms. The summed E-state index contributed by atoms with van der Waals surface area (Å²) in [6, 6.07) is 7.56. The van der Waals surface area contributed by atoms with Crippen molar-refractivity contribution in [3.8, 4) is 5.75 Å². The first-order chi connectivity index (χ1) is 13.3. The van der Waals surface area contributed by atoms with Gasteiger partial charge >= 0.3 is 0 Å². The number of ether oxygens (including phenoxy) is 1. The van der Waals surface area contributed by atoms with Crippen LogP contribution in [0.1, 0.15) is 56.8 Å². The quantitative estimate of drug-likeness (QED) is 0.819. The van der Waals surface area contributed by atoms with Crippen molar-refractivity contribution in [3.05, 3.63) is 29.8 Å². The predicted octanol–water partition coefficient (Wildman–Crippen LogP) is 2.54. The summed E-state index contributed by atoms with van der Waals surface area (Å²) in [4.78, 5) is 27.6. The van der Waals surface area contributed by atoms with Gasteiger partial charge in [-0.3, -0.25) is 15.0 Å². The number of rotatable bonds is 2. The summed E-state index contributed by atoms with van der Waals surface area (Å²) in [6.07, 6.45) is 3.00. The number of Topliss-reactive ketones (excluding diaryl/α,β-unsaturated/α-hetero) is 1.